The standard InChI is InChI=1S/C10H16N4O3/c1-14(2)4-3-11-8(15)5-7-6-9(16)13-10(17)12-7/h6H,3-5H2,1-2H3,(H,11,15)(H2,12,13,16,17). The van der Waals surface area contributed by atoms with E-state index in [0.29, 0.717) is 12.2 Å². The third-order valence-electron chi connectivity index (χ3n) is 2.05. The summed E-state index contributed by atoms with van der Waals surface area (Å²) in [6.07, 6.45) is -0.00735. The second-order valence-corrected chi connectivity index (χ2v) is 3.94. The molecule has 1 aromatic rings. The lowest BCUT2D eigenvalue weighted by Gasteiger charge is -2.10. The van der Waals surface area contributed by atoms with E-state index in [0.717, 1.165) is 6.54 Å². The van der Waals surface area contributed by atoms with Crippen molar-refractivity contribution in [3.8, 4) is 0 Å². The Kier molecular flexibility index (Phi) is 4.65. The molecule has 0 spiro atoms. The van der Waals surface area contributed by atoms with Gasteiger partial charge in [0.15, 0.2) is 0 Å². The van der Waals surface area contributed by atoms with Crippen molar-refractivity contribution in [1.82, 2.24) is 20.2 Å². The number of hydrogen-bond donors (Lipinski definition) is 3. The van der Waals surface area contributed by atoms with E-state index < -0.39 is 11.2 Å². The minimum absolute atomic E-state index is 0.00735. The van der Waals surface area contributed by atoms with Gasteiger partial charge >= 0.3 is 5.69 Å². The maximum absolute atomic E-state index is 11.5. The van der Waals surface area contributed by atoms with Gasteiger partial charge in [-0.2, -0.15) is 0 Å². The summed E-state index contributed by atoms with van der Waals surface area (Å²) in [6, 6.07) is 1.20. The van der Waals surface area contributed by atoms with E-state index in [1.807, 2.05) is 24.0 Å². The molecule has 0 aliphatic heterocycles. The minimum atomic E-state index is -0.603. The van der Waals surface area contributed by atoms with Crippen LogP contribution < -0.4 is 16.6 Å². The van der Waals surface area contributed by atoms with Crippen molar-refractivity contribution in [3.63, 3.8) is 0 Å². The van der Waals surface area contributed by atoms with Gasteiger partial charge in [0.05, 0.1) is 6.42 Å². The maximum Gasteiger partial charge on any atom is 0.325 e. The fraction of sp³-hybridized carbons (Fsp3) is 0.500. The first-order chi connectivity index (χ1) is 7.97. The second-order valence-electron chi connectivity index (χ2n) is 3.94. The Labute approximate surface area is 97.9 Å². The number of amides is 1. The van der Waals surface area contributed by atoms with Crippen LogP contribution in [0.4, 0.5) is 0 Å². The van der Waals surface area contributed by atoms with Crippen LogP contribution in [0.1, 0.15) is 5.69 Å². The number of H-pyrrole nitrogens is 2. The van der Waals surface area contributed by atoms with Crippen LogP contribution in [-0.4, -0.2) is 48.0 Å². The Morgan fingerprint density at radius 2 is 2.06 bits per heavy atom. The van der Waals surface area contributed by atoms with Gasteiger partial charge in [0.1, 0.15) is 0 Å². The summed E-state index contributed by atoms with van der Waals surface area (Å²) >= 11 is 0. The summed E-state index contributed by atoms with van der Waals surface area (Å²) in [7, 11) is 3.81. The highest BCUT2D eigenvalue weighted by molar-refractivity contribution is 5.77. The summed E-state index contributed by atoms with van der Waals surface area (Å²) in [5, 5.41) is 2.69. The van der Waals surface area contributed by atoms with Crippen LogP contribution in [0.3, 0.4) is 0 Å². The van der Waals surface area contributed by atoms with E-state index in [1.165, 1.54) is 6.07 Å². The molecule has 0 bridgehead atoms. The summed E-state index contributed by atoms with van der Waals surface area (Å²) in [5.41, 5.74) is -0.806. The first-order valence-corrected chi connectivity index (χ1v) is 5.21. The van der Waals surface area contributed by atoms with E-state index in [4.69, 9.17) is 0 Å². The van der Waals surface area contributed by atoms with Crippen molar-refractivity contribution in [2.45, 2.75) is 6.42 Å². The highest BCUT2D eigenvalue weighted by Gasteiger charge is 2.04. The molecule has 1 amide bonds. The van der Waals surface area contributed by atoms with E-state index in [2.05, 4.69) is 10.3 Å². The summed E-state index contributed by atoms with van der Waals surface area (Å²) in [4.78, 5) is 39.8. The first-order valence-electron chi connectivity index (χ1n) is 5.21. The average Bonchev–Trinajstić information content (AvgIpc) is 2.14. The molecule has 1 aromatic heterocycles. The Balaban J connectivity index is 2.50. The zero-order valence-corrected chi connectivity index (χ0v) is 9.87. The molecule has 0 atom stereocenters. The molecule has 0 aromatic carbocycles. The number of aromatic nitrogens is 2. The lowest BCUT2D eigenvalue weighted by molar-refractivity contribution is -0.120. The van der Waals surface area contributed by atoms with Gasteiger partial charge in [0.25, 0.3) is 5.56 Å². The molecule has 7 heteroatoms. The molecule has 7 nitrogen and oxygen atoms in total. The number of rotatable bonds is 5. The van der Waals surface area contributed by atoms with Crippen molar-refractivity contribution >= 4 is 5.91 Å². The van der Waals surface area contributed by atoms with E-state index in [1.54, 1.807) is 0 Å². The predicted octanol–water partition coefficient (Wildman–Crippen LogP) is -1.72. The average molecular weight is 240 g/mol. The number of hydrogen-bond acceptors (Lipinski definition) is 4. The lowest BCUT2D eigenvalue weighted by Crippen LogP contribution is -2.33. The quantitative estimate of drug-likeness (QED) is 0.570. The smallest absolute Gasteiger partial charge is 0.325 e. The number of carbonyl (C=O) groups excluding carboxylic acids is 1. The topological polar surface area (TPSA) is 98.1 Å². The first kappa shape index (κ1) is 13.2. The third-order valence-corrected chi connectivity index (χ3v) is 2.05. The summed E-state index contributed by atoms with van der Waals surface area (Å²) < 4.78 is 0. The molecule has 0 radical (unpaired) electrons. The summed E-state index contributed by atoms with van der Waals surface area (Å²) in [6.45, 7) is 1.26. The van der Waals surface area contributed by atoms with Crippen LogP contribution in [0.2, 0.25) is 0 Å². The van der Waals surface area contributed by atoms with E-state index >= 15 is 0 Å². The molecule has 17 heavy (non-hydrogen) atoms. The van der Waals surface area contributed by atoms with Crippen LogP contribution in [0.25, 0.3) is 0 Å². The SMILES string of the molecule is CN(C)CCNC(=O)Cc1cc(=O)[nH]c(=O)[nH]1. The normalized spacial score (nSPS) is 10.5. The predicted molar refractivity (Wildman–Crippen MR) is 63.0 cm³/mol. The fourth-order valence-corrected chi connectivity index (χ4v) is 1.27. The van der Waals surface area contributed by atoms with Gasteiger partial charge in [-0.05, 0) is 14.1 Å². The Bertz CT molecular complexity index is 461. The maximum atomic E-state index is 11.5. The van der Waals surface area contributed by atoms with Gasteiger partial charge in [-0.15, -0.1) is 0 Å². The number of carbonyl (C=O) groups is 1. The molecule has 1 heterocycles. The van der Waals surface area contributed by atoms with Gasteiger partial charge in [0, 0.05) is 24.8 Å². The minimum Gasteiger partial charge on any atom is -0.354 e. The monoisotopic (exact) mass is 240 g/mol. The Morgan fingerprint density at radius 1 is 1.35 bits per heavy atom. The Morgan fingerprint density at radius 3 is 2.65 bits per heavy atom. The molecule has 1 rings (SSSR count). The van der Waals surface area contributed by atoms with Crippen molar-refractivity contribution in [1.29, 1.82) is 0 Å². The molecule has 0 unspecified atom stereocenters. The molecular formula is C10H16N4O3. The van der Waals surface area contributed by atoms with Gasteiger partial charge < -0.3 is 15.2 Å². The fourth-order valence-electron chi connectivity index (χ4n) is 1.27. The van der Waals surface area contributed by atoms with Crippen LogP contribution in [0, 0.1) is 0 Å². The molecule has 0 saturated heterocycles. The van der Waals surface area contributed by atoms with Crippen LogP contribution in [0.15, 0.2) is 15.7 Å². The molecule has 94 valence electrons. The van der Waals surface area contributed by atoms with Crippen molar-refractivity contribution in [2.24, 2.45) is 0 Å². The summed E-state index contributed by atoms with van der Waals surface area (Å²) in [5.74, 6) is -0.229. The molecular weight excluding hydrogens is 224 g/mol. The van der Waals surface area contributed by atoms with Crippen molar-refractivity contribution in [3.05, 3.63) is 32.6 Å². The van der Waals surface area contributed by atoms with Gasteiger partial charge in [-0.1, -0.05) is 0 Å². The molecule has 0 aliphatic carbocycles. The van der Waals surface area contributed by atoms with Gasteiger partial charge in [-0.3, -0.25) is 14.6 Å². The van der Waals surface area contributed by atoms with Gasteiger partial charge in [0.2, 0.25) is 5.91 Å². The van der Waals surface area contributed by atoms with Crippen LogP contribution in [-0.2, 0) is 11.2 Å². The molecule has 0 saturated carbocycles. The van der Waals surface area contributed by atoms with Crippen molar-refractivity contribution < 1.29 is 4.79 Å². The number of nitrogens with one attached hydrogen (secondary N) is 3. The second kappa shape index (κ2) is 6.00. The highest BCUT2D eigenvalue weighted by Crippen LogP contribution is 1.87. The van der Waals surface area contributed by atoms with Crippen molar-refractivity contribution in [2.75, 3.05) is 27.2 Å². The zero-order valence-electron chi connectivity index (χ0n) is 9.87. The Hall–Kier alpha value is -1.89. The van der Waals surface area contributed by atoms with Gasteiger partial charge in [-0.25, -0.2) is 4.79 Å². The molecule has 0 aliphatic rings. The largest absolute Gasteiger partial charge is 0.354 e. The third kappa shape index (κ3) is 5.12. The zero-order chi connectivity index (χ0) is 12.8. The molecule has 0 fully saturated rings. The van der Waals surface area contributed by atoms with E-state index in [9.17, 15) is 14.4 Å². The van der Waals surface area contributed by atoms with Crippen LogP contribution >= 0.6 is 0 Å². The number of nitrogens with zero attached hydrogens (tertiary/aromatic N) is 1. The molecule has 3 N–H and O–H groups in total. The highest BCUT2D eigenvalue weighted by atomic mass is 16.2. The van der Waals surface area contributed by atoms with Crippen LogP contribution in [0.5, 0.6) is 0 Å². The lowest BCUT2D eigenvalue weighted by atomic mass is 10.3. The van der Waals surface area contributed by atoms with E-state index in [-0.39, 0.29) is 12.3 Å². The number of aromatic amines is 2. The number of likely N-dealkylation sites (N-methyl/N-ethyl adjacent to an activating group) is 1.